The van der Waals surface area contributed by atoms with Gasteiger partial charge in [0, 0.05) is 13.1 Å². The summed E-state index contributed by atoms with van der Waals surface area (Å²) >= 11 is 0. The topological polar surface area (TPSA) is 37.4 Å². The third-order valence-corrected chi connectivity index (χ3v) is 4.56. The highest BCUT2D eigenvalue weighted by Gasteiger charge is 2.22. The largest absolute Gasteiger partial charge is 0.212 e. The highest BCUT2D eigenvalue weighted by molar-refractivity contribution is 7.88. The number of likely N-dealkylation sites (N-methyl/N-ethyl adjacent to an activating group) is 1. The molecule has 0 amide bonds. The lowest BCUT2D eigenvalue weighted by atomic mass is 9.92. The van der Waals surface area contributed by atoms with Gasteiger partial charge in [-0.25, -0.2) is 8.42 Å². The van der Waals surface area contributed by atoms with Gasteiger partial charge in [-0.05, 0) is 24.3 Å². The first-order valence-electron chi connectivity index (χ1n) is 5.67. The third-order valence-electron chi connectivity index (χ3n) is 3.24. The summed E-state index contributed by atoms with van der Waals surface area (Å²) in [5.74, 6) is 0.493. The minimum atomic E-state index is -3.10. The van der Waals surface area contributed by atoms with Crippen molar-refractivity contribution in [1.82, 2.24) is 4.31 Å². The van der Waals surface area contributed by atoms with Crippen LogP contribution in [0, 0.1) is 5.92 Å². The van der Waals surface area contributed by atoms with Gasteiger partial charge >= 0.3 is 0 Å². The average Bonchev–Trinajstić information content (AvgIpc) is 2.26. The van der Waals surface area contributed by atoms with Gasteiger partial charge in [-0.1, -0.05) is 32.1 Å². The number of allylic oxidation sites excluding steroid dienone is 2. The number of nitrogens with zero attached hydrogens (tertiary/aromatic N) is 1. The molecule has 1 aliphatic rings. The van der Waals surface area contributed by atoms with Gasteiger partial charge in [0.25, 0.3) is 0 Å². The van der Waals surface area contributed by atoms with Crippen molar-refractivity contribution in [2.45, 2.75) is 32.7 Å². The fourth-order valence-electron chi connectivity index (χ4n) is 1.75. The van der Waals surface area contributed by atoms with Gasteiger partial charge in [0.15, 0.2) is 0 Å². The number of rotatable bonds is 4. The van der Waals surface area contributed by atoms with Crippen LogP contribution < -0.4 is 0 Å². The van der Waals surface area contributed by atoms with Crippen LogP contribution in [0.1, 0.15) is 26.7 Å². The predicted octanol–water partition coefficient (Wildman–Crippen LogP) is 2.18. The van der Waals surface area contributed by atoms with Crippen molar-refractivity contribution >= 4 is 10.0 Å². The summed E-state index contributed by atoms with van der Waals surface area (Å²) in [7, 11) is -1.46. The van der Waals surface area contributed by atoms with E-state index in [0.717, 1.165) is 12.8 Å². The molecular weight excluding hydrogens is 222 g/mol. The quantitative estimate of drug-likeness (QED) is 0.759. The highest BCUT2D eigenvalue weighted by atomic mass is 32.2. The molecule has 0 N–H and O–H groups in total. The Hall–Kier alpha value is -0.610. The van der Waals surface area contributed by atoms with Crippen molar-refractivity contribution in [3.63, 3.8) is 0 Å². The molecule has 0 aromatic carbocycles. The first kappa shape index (κ1) is 13.5. The Labute approximate surface area is 98.9 Å². The lowest BCUT2D eigenvalue weighted by molar-refractivity contribution is 0.417. The van der Waals surface area contributed by atoms with E-state index in [2.05, 4.69) is 32.1 Å². The van der Waals surface area contributed by atoms with Crippen LogP contribution in [-0.2, 0) is 10.0 Å². The molecule has 92 valence electrons. The van der Waals surface area contributed by atoms with E-state index in [1.807, 2.05) is 0 Å². The van der Waals surface area contributed by atoms with Crippen LogP contribution in [0.5, 0.6) is 0 Å². The Morgan fingerprint density at radius 2 is 2.19 bits per heavy atom. The zero-order chi connectivity index (χ0) is 12.3. The van der Waals surface area contributed by atoms with Gasteiger partial charge in [0.2, 0.25) is 10.0 Å². The molecule has 2 atom stereocenters. The standard InChI is InChI=1S/C12H21NO2S/c1-5-10(2)11-7-6-8-12(9-11)13(3)16(4,14)15/h6-7,9-10,12H,5,8H2,1-4H3. The molecule has 0 aliphatic heterocycles. The maximum atomic E-state index is 11.4. The molecule has 0 saturated heterocycles. The van der Waals surface area contributed by atoms with Gasteiger partial charge in [-0.3, -0.25) is 0 Å². The van der Waals surface area contributed by atoms with Gasteiger partial charge in [-0.2, -0.15) is 4.31 Å². The van der Waals surface area contributed by atoms with Crippen LogP contribution >= 0.6 is 0 Å². The van der Waals surface area contributed by atoms with Crippen molar-refractivity contribution in [3.8, 4) is 0 Å². The molecule has 0 aromatic rings. The van der Waals surface area contributed by atoms with E-state index < -0.39 is 10.0 Å². The van der Waals surface area contributed by atoms with E-state index in [9.17, 15) is 8.42 Å². The fourth-order valence-corrected chi connectivity index (χ4v) is 2.39. The van der Waals surface area contributed by atoms with Crippen LogP contribution in [0.2, 0.25) is 0 Å². The summed E-state index contributed by atoms with van der Waals surface area (Å²) in [4.78, 5) is 0. The smallest absolute Gasteiger partial charge is 0.211 e. The van der Waals surface area contributed by atoms with E-state index in [4.69, 9.17) is 0 Å². The Kier molecular flexibility index (Phi) is 4.33. The molecule has 4 heteroatoms. The van der Waals surface area contributed by atoms with Gasteiger partial charge in [-0.15, -0.1) is 0 Å². The Morgan fingerprint density at radius 1 is 1.56 bits per heavy atom. The SMILES string of the molecule is CCC(C)C1=CC(N(C)S(C)(=O)=O)CC=C1. The van der Waals surface area contributed by atoms with E-state index in [-0.39, 0.29) is 6.04 Å². The van der Waals surface area contributed by atoms with Crippen LogP contribution in [-0.4, -0.2) is 32.1 Å². The summed E-state index contributed by atoms with van der Waals surface area (Å²) < 4.78 is 24.3. The lowest BCUT2D eigenvalue weighted by Crippen LogP contribution is -2.35. The van der Waals surface area contributed by atoms with E-state index >= 15 is 0 Å². The fraction of sp³-hybridized carbons (Fsp3) is 0.667. The van der Waals surface area contributed by atoms with Crippen LogP contribution in [0.15, 0.2) is 23.8 Å². The molecule has 0 saturated carbocycles. The second-order valence-corrected chi connectivity index (χ2v) is 6.50. The highest BCUT2D eigenvalue weighted by Crippen LogP contribution is 2.23. The van der Waals surface area contributed by atoms with E-state index in [1.165, 1.54) is 16.1 Å². The average molecular weight is 243 g/mol. The third kappa shape index (κ3) is 3.19. The normalized spacial score (nSPS) is 23.3. The molecule has 0 radical (unpaired) electrons. The Bertz CT molecular complexity index is 395. The second kappa shape index (κ2) is 5.15. The van der Waals surface area contributed by atoms with Crippen molar-refractivity contribution in [3.05, 3.63) is 23.8 Å². The van der Waals surface area contributed by atoms with Gasteiger partial charge in [0.05, 0.1) is 6.26 Å². The maximum Gasteiger partial charge on any atom is 0.211 e. The van der Waals surface area contributed by atoms with E-state index in [0.29, 0.717) is 5.92 Å². The van der Waals surface area contributed by atoms with Crippen LogP contribution in [0.4, 0.5) is 0 Å². The zero-order valence-electron chi connectivity index (χ0n) is 10.5. The molecule has 16 heavy (non-hydrogen) atoms. The minimum Gasteiger partial charge on any atom is -0.212 e. The summed E-state index contributed by atoms with van der Waals surface area (Å²) in [5.41, 5.74) is 1.24. The van der Waals surface area contributed by atoms with Crippen molar-refractivity contribution in [2.75, 3.05) is 13.3 Å². The number of hydrogen-bond acceptors (Lipinski definition) is 2. The summed E-state index contributed by atoms with van der Waals surface area (Å²) in [5, 5.41) is 0. The molecule has 0 aromatic heterocycles. The number of sulfonamides is 1. The predicted molar refractivity (Wildman–Crippen MR) is 67.7 cm³/mol. The molecule has 1 aliphatic carbocycles. The summed E-state index contributed by atoms with van der Waals surface area (Å²) in [6.07, 6.45) is 9.35. The molecular formula is C12H21NO2S. The van der Waals surface area contributed by atoms with Crippen molar-refractivity contribution in [1.29, 1.82) is 0 Å². The summed E-state index contributed by atoms with van der Waals surface area (Å²) in [6, 6.07) is -0.0241. The Balaban J connectivity index is 2.87. The zero-order valence-corrected chi connectivity index (χ0v) is 11.3. The lowest BCUT2D eigenvalue weighted by Gasteiger charge is -2.26. The van der Waals surface area contributed by atoms with Crippen molar-refractivity contribution < 1.29 is 8.42 Å². The maximum absolute atomic E-state index is 11.4. The molecule has 3 nitrogen and oxygen atoms in total. The van der Waals surface area contributed by atoms with Crippen LogP contribution in [0.3, 0.4) is 0 Å². The van der Waals surface area contributed by atoms with Gasteiger partial charge in [0.1, 0.15) is 0 Å². The monoisotopic (exact) mass is 243 g/mol. The second-order valence-electron chi connectivity index (χ2n) is 4.46. The van der Waals surface area contributed by atoms with Gasteiger partial charge < -0.3 is 0 Å². The van der Waals surface area contributed by atoms with E-state index in [1.54, 1.807) is 7.05 Å². The molecule has 0 bridgehead atoms. The molecule has 0 heterocycles. The number of hydrogen-bond donors (Lipinski definition) is 0. The summed E-state index contributed by atoms with van der Waals surface area (Å²) in [6.45, 7) is 4.31. The molecule has 0 spiro atoms. The molecule has 0 fully saturated rings. The Morgan fingerprint density at radius 3 is 2.69 bits per heavy atom. The van der Waals surface area contributed by atoms with Crippen LogP contribution in [0.25, 0.3) is 0 Å². The minimum absolute atomic E-state index is 0.0241. The first-order valence-corrected chi connectivity index (χ1v) is 7.52. The molecule has 2 unspecified atom stereocenters. The molecule has 1 rings (SSSR count). The van der Waals surface area contributed by atoms with Crippen molar-refractivity contribution in [2.24, 2.45) is 5.92 Å². The first-order chi connectivity index (χ1) is 7.36.